The van der Waals surface area contributed by atoms with E-state index in [9.17, 15) is 9.59 Å². The first-order valence-corrected chi connectivity index (χ1v) is 10.4. The maximum absolute atomic E-state index is 12.7. The topological polar surface area (TPSA) is 40.6 Å². The molecule has 0 radical (unpaired) electrons. The van der Waals surface area contributed by atoms with Crippen LogP contribution in [-0.2, 0) is 9.59 Å². The van der Waals surface area contributed by atoms with Crippen molar-refractivity contribution in [3.05, 3.63) is 0 Å². The third-order valence-corrected chi connectivity index (χ3v) is 5.62. The average molecular weight is 355 g/mol. The van der Waals surface area contributed by atoms with Crippen molar-refractivity contribution in [3.8, 4) is 0 Å². The lowest BCUT2D eigenvalue weighted by atomic mass is 10.1. The number of carbonyl (C=O) groups excluding carboxylic acids is 2. The Morgan fingerprint density at radius 3 is 1.04 bits per heavy atom. The Kier molecular flexibility index (Phi) is 11.8. The molecule has 4 heteroatoms. The molecule has 0 N–H and O–H groups in total. The predicted molar refractivity (Wildman–Crippen MR) is 107 cm³/mol. The molecule has 0 fully saturated rings. The van der Waals surface area contributed by atoms with Crippen molar-refractivity contribution >= 4 is 11.8 Å². The molecule has 0 bridgehead atoms. The maximum Gasteiger partial charge on any atom is 0.223 e. The van der Waals surface area contributed by atoms with E-state index < -0.39 is 0 Å². The standard InChI is InChI=1S/C21H42N2O2/c1-9-16(5)22(17(6)10-2)20(24)14-13-15-21(25)23(18(7)11-3)19(8)12-4/h16-19H,9-15H2,1-8H3/t16-,17+,18-,19+. The van der Waals surface area contributed by atoms with E-state index in [-0.39, 0.29) is 36.0 Å². The average Bonchev–Trinajstić information content (AvgIpc) is 2.60. The SMILES string of the molecule is CC[C@@H](C)N(C(=O)CCCC(=O)N([C@H](C)CC)[C@@H](C)CC)[C@@H](C)CC. The number of amides is 2. The van der Waals surface area contributed by atoms with Crippen molar-refractivity contribution < 1.29 is 9.59 Å². The molecule has 0 heterocycles. The van der Waals surface area contributed by atoms with Gasteiger partial charge in [-0.1, -0.05) is 27.7 Å². The summed E-state index contributed by atoms with van der Waals surface area (Å²) in [7, 11) is 0. The van der Waals surface area contributed by atoms with Gasteiger partial charge in [-0.25, -0.2) is 0 Å². The highest BCUT2D eigenvalue weighted by Crippen LogP contribution is 2.17. The lowest BCUT2D eigenvalue weighted by molar-refractivity contribution is -0.137. The molecule has 0 aliphatic heterocycles. The molecule has 0 saturated carbocycles. The summed E-state index contributed by atoms with van der Waals surface area (Å²) in [6, 6.07) is 1.04. The molecule has 25 heavy (non-hydrogen) atoms. The van der Waals surface area contributed by atoms with Crippen molar-refractivity contribution in [1.82, 2.24) is 9.80 Å². The van der Waals surface area contributed by atoms with Gasteiger partial charge in [-0.15, -0.1) is 0 Å². The van der Waals surface area contributed by atoms with Crippen molar-refractivity contribution in [2.24, 2.45) is 0 Å². The van der Waals surface area contributed by atoms with Crippen molar-refractivity contribution in [3.63, 3.8) is 0 Å². The molecule has 0 aromatic heterocycles. The summed E-state index contributed by atoms with van der Waals surface area (Å²) in [6.07, 6.45) is 5.43. The third-order valence-electron chi connectivity index (χ3n) is 5.62. The molecule has 0 aliphatic carbocycles. The first-order valence-electron chi connectivity index (χ1n) is 10.4. The van der Waals surface area contributed by atoms with Crippen LogP contribution >= 0.6 is 0 Å². The third kappa shape index (κ3) is 7.37. The van der Waals surface area contributed by atoms with E-state index >= 15 is 0 Å². The van der Waals surface area contributed by atoms with Gasteiger partial charge >= 0.3 is 0 Å². The summed E-state index contributed by atoms with van der Waals surface area (Å²) in [5.74, 6) is 0.380. The molecule has 4 nitrogen and oxygen atoms in total. The van der Waals surface area contributed by atoms with Gasteiger partial charge in [-0.3, -0.25) is 9.59 Å². The highest BCUT2D eigenvalue weighted by atomic mass is 16.2. The van der Waals surface area contributed by atoms with Gasteiger partial charge in [0, 0.05) is 37.0 Å². The number of carbonyl (C=O) groups is 2. The largest absolute Gasteiger partial charge is 0.337 e. The van der Waals surface area contributed by atoms with E-state index in [1.165, 1.54) is 0 Å². The second-order valence-corrected chi connectivity index (χ2v) is 7.48. The minimum absolute atomic E-state index is 0.190. The first-order chi connectivity index (χ1) is 11.7. The van der Waals surface area contributed by atoms with Crippen LogP contribution in [0, 0.1) is 0 Å². The Labute approximate surface area is 156 Å². The van der Waals surface area contributed by atoms with Gasteiger partial charge in [-0.05, 0) is 59.8 Å². The Bertz CT molecular complexity index is 341. The second kappa shape index (κ2) is 12.3. The summed E-state index contributed by atoms with van der Waals surface area (Å²) in [4.78, 5) is 29.4. The van der Waals surface area contributed by atoms with Crippen molar-refractivity contribution in [1.29, 1.82) is 0 Å². The van der Waals surface area contributed by atoms with Crippen molar-refractivity contribution in [2.45, 2.75) is 125 Å². The normalized spacial score (nSPS) is 16.0. The lowest BCUT2D eigenvalue weighted by Crippen LogP contribution is -2.45. The van der Waals surface area contributed by atoms with Crippen molar-refractivity contribution in [2.75, 3.05) is 0 Å². The zero-order valence-corrected chi connectivity index (χ0v) is 18.0. The fourth-order valence-electron chi connectivity index (χ4n) is 3.29. The van der Waals surface area contributed by atoms with Crippen LogP contribution in [0.3, 0.4) is 0 Å². The molecule has 2 amide bonds. The highest BCUT2D eigenvalue weighted by Gasteiger charge is 2.25. The van der Waals surface area contributed by atoms with E-state index in [0.29, 0.717) is 19.3 Å². The summed E-state index contributed by atoms with van der Waals surface area (Å²) >= 11 is 0. The van der Waals surface area contributed by atoms with E-state index in [2.05, 4.69) is 55.4 Å². The molecule has 0 rings (SSSR count). The molecular weight excluding hydrogens is 312 g/mol. The maximum atomic E-state index is 12.7. The van der Waals surface area contributed by atoms with Gasteiger partial charge in [0.15, 0.2) is 0 Å². The number of hydrogen-bond acceptors (Lipinski definition) is 2. The van der Waals surface area contributed by atoms with Gasteiger partial charge < -0.3 is 9.80 Å². The molecule has 0 saturated heterocycles. The Morgan fingerprint density at radius 2 is 0.840 bits per heavy atom. The molecule has 0 aliphatic rings. The molecule has 0 unspecified atom stereocenters. The van der Waals surface area contributed by atoms with E-state index in [0.717, 1.165) is 25.7 Å². The summed E-state index contributed by atoms with van der Waals surface area (Å²) in [6.45, 7) is 16.9. The van der Waals surface area contributed by atoms with Crippen LogP contribution in [-0.4, -0.2) is 45.8 Å². The highest BCUT2D eigenvalue weighted by molar-refractivity contribution is 5.79. The van der Waals surface area contributed by atoms with Gasteiger partial charge in [0.25, 0.3) is 0 Å². The zero-order chi connectivity index (χ0) is 19.6. The van der Waals surface area contributed by atoms with Gasteiger partial charge in [0.2, 0.25) is 11.8 Å². The molecule has 0 aromatic rings. The predicted octanol–water partition coefficient (Wildman–Crippen LogP) is 5.01. The van der Waals surface area contributed by atoms with Gasteiger partial charge in [0.1, 0.15) is 0 Å². The number of nitrogens with zero attached hydrogens (tertiary/aromatic N) is 2. The second-order valence-electron chi connectivity index (χ2n) is 7.48. The molecular formula is C21H42N2O2. The Balaban J connectivity index is 4.74. The zero-order valence-electron chi connectivity index (χ0n) is 18.0. The monoisotopic (exact) mass is 354 g/mol. The van der Waals surface area contributed by atoms with Crippen LogP contribution in [0.1, 0.15) is 100 Å². The lowest BCUT2D eigenvalue weighted by Gasteiger charge is -2.35. The summed E-state index contributed by atoms with van der Waals surface area (Å²) in [5.41, 5.74) is 0. The van der Waals surface area contributed by atoms with E-state index in [1.54, 1.807) is 0 Å². The molecule has 4 atom stereocenters. The minimum Gasteiger partial charge on any atom is -0.337 e. The molecule has 148 valence electrons. The smallest absolute Gasteiger partial charge is 0.223 e. The van der Waals surface area contributed by atoms with E-state index in [1.807, 2.05) is 9.80 Å². The van der Waals surface area contributed by atoms with Crippen LogP contribution in [0.4, 0.5) is 0 Å². The Morgan fingerprint density at radius 1 is 0.600 bits per heavy atom. The van der Waals surface area contributed by atoms with Crippen LogP contribution < -0.4 is 0 Å². The molecule has 0 spiro atoms. The van der Waals surface area contributed by atoms with Crippen LogP contribution in [0.15, 0.2) is 0 Å². The quantitative estimate of drug-likeness (QED) is 0.494. The van der Waals surface area contributed by atoms with Crippen LogP contribution in [0.5, 0.6) is 0 Å². The van der Waals surface area contributed by atoms with Crippen LogP contribution in [0.25, 0.3) is 0 Å². The first kappa shape index (κ1) is 23.9. The van der Waals surface area contributed by atoms with Gasteiger partial charge in [0.05, 0.1) is 0 Å². The van der Waals surface area contributed by atoms with Gasteiger partial charge in [-0.2, -0.15) is 0 Å². The summed E-state index contributed by atoms with van der Waals surface area (Å²) < 4.78 is 0. The fraction of sp³-hybridized carbons (Fsp3) is 0.905. The van der Waals surface area contributed by atoms with Crippen LogP contribution in [0.2, 0.25) is 0 Å². The Hall–Kier alpha value is -1.06. The minimum atomic E-state index is 0.190. The van der Waals surface area contributed by atoms with E-state index in [4.69, 9.17) is 0 Å². The number of hydrogen-bond donors (Lipinski definition) is 0. The fourth-order valence-corrected chi connectivity index (χ4v) is 3.29. The summed E-state index contributed by atoms with van der Waals surface area (Å²) in [5, 5.41) is 0. The number of rotatable bonds is 12. The molecule has 0 aromatic carbocycles.